The highest BCUT2D eigenvalue weighted by atomic mass is 32.2. The molecule has 1 aliphatic rings. The van der Waals surface area contributed by atoms with E-state index in [1.807, 2.05) is 6.07 Å². The maximum atomic E-state index is 12.8. The number of pyridine rings is 1. The molecule has 0 aliphatic carbocycles. The maximum absolute atomic E-state index is 12.8. The molecule has 0 unspecified atom stereocenters. The van der Waals surface area contributed by atoms with Gasteiger partial charge in [0.2, 0.25) is 22.7 Å². The van der Waals surface area contributed by atoms with E-state index in [1.54, 1.807) is 36.4 Å². The third kappa shape index (κ3) is 5.16. The van der Waals surface area contributed by atoms with Crippen LogP contribution in [0.1, 0.15) is 15.9 Å². The van der Waals surface area contributed by atoms with E-state index in [9.17, 15) is 18.0 Å². The lowest BCUT2D eigenvalue weighted by atomic mass is 10.1. The summed E-state index contributed by atoms with van der Waals surface area (Å²) in [7, 11) is -2.59. The van der Waals surface area contributed by atoms with Crippen molar-refractivity contribution in [1.82, 2.24) is 14.6 Å². The number of ether oxygens (including phenoxy) is 2. The number of para-hydroxylation sites is 1. The molecule has 3 aromatic rings. The molecule has 0 saturated heterocycles. The zero-order valence-corrected chi connectivity index (χ0v) is 19.0. The highest BCUT2D eigenvalue weighted by Crippen LogP contribution is 2.32. The number of nitrogens with zero attached hydrogens (tertiary/aromatic N) is 2. The van der Waals surface area contributed by atoms with Crippen LogP contribution in [-0.4, -0.2) is 49.9 Å². The van der Waals surface area contributed by atoms with Crippen molar-refractivity contribution in [2.45, 2.75) is 11.4 Å². The molecule has 2 heterocycles. The lowest BCUT2D eigenvalue weighted by Gasteiger charge is -2.17. The van der Waals surface area contributed by atoms with E-state index in [0.717, 1.165) is 9.87 Å². The Labute approximate surface area is 196 Å². The first kappa shape index (κ1) is 23.2. The van der Waals surface area contributed by atoms with Gasteiger partial charge in [-0.3, -0.25) is 14.6 Å². The third-order valence-corrected chi connectivity index (χ3v) is 6.83. The molecule has 2 aromatic carbocycles. The Kier molecular flexibility index (Phi) is 6.75. The van der Waals surface area contributed by atoms with Crippen LogP contribution >= 0.6 is 0 Å². The zero-order chi connectivity index (χ0) is 24.1. The molecule has 1 aromatic heterocycles. The molecule has 11 heteroatoms. The Morgan fingerprint density at radius 2 is 1.85 bits per heavy atom. The van der Waals surface area contributed by atoms with E-state index in [0.29, 0.717) is 11.5 Å². The fraction of sp³-hybridized carbons (Fsp3) is 0.174. The van der Waals surface area contributed by atoms with Crippen molar-refractivity contribution in [2.24, 2.45) is 0 Å². The average Bonchev–Trinajstić information content (AvgIpc) is 3.31. The van der Waals surface area contributed by atoms with Crippen molar-refractivity contribution in [2.75, 3.05) is 25.7 Å². The van der Waals surface area contributed by atoms with E-state index in [4.69, 9.17) is 9.47 Å². The number of carbonyl (C=O) groups is 2. The number of rotatable bonds is 8. The van der Waals surface area contributed by atoms with Crippen molar-refractivity contribution in [3.8, 4) is 11.5 Å². The minimum absolute atomic E-state index is 0.0198. The maximum Gasteiger partial charge on any atom is 0.253 e. The summed E-state index contributed by atoms with van der Waals surface area (Å²) in [6.45, 7) is -0.0365. The number of amides is 2. The number of anilines is 1. The topological polar surface area (TPSA) is 127 Å². The molecular weight excluding hydrogens is 460 g/mol. The summed E-state index contributed by atoms with van der Waals surface area (Å²) in [5, 5.41) is 5.43. The standard InChI is InChI=1S/C23H22N4O6S/c1-27(34(30,31)17-5-4-10-24-13-17)14-22(28)26-19-7-3-2-6-18(19)23(29)25-12-16-8-9-20-21(11-16)33-15-32-20/h2-11,13H,12,14-15H2,1H3,(H,25,29)(H,26,28). The highest BCUT2D eigenvalue weighted by molar-refractivity contribution is 7.89. The van der Waals surface area contributed by atoms with Gasteiger partial charge in [0.1, 0.15) is 4.90 Å². The molecule has 2 N–H and O–H groups in total. The first-order chi connectivity index (χ1) is 16.3. The normalized spacial score (nSPS) is 12.4. The van der Waals surface area contributed by atoms with Gasteiger partial charge in [-0.1, -0.05) is 18.2 Å². The molecule has 34 heavy (non-hydrogen) atoms. The first-order valence-corrected chi connectivity index (χ1v) is 11.7. The molecule has 10 nitrogen and oxygen atoms in total. The second-order valence-corrected chi connectivity index (χ2v) is 9.46. The van der Waals surface area contributed by atoms with Crippen LogP contribution in [0.4, 0.5) is 5.69 Å². The van der Waals surface area contributed by atoms with E-state index in [-0.39, 0.29) is 29.5 Å². The van der Waals surface area contributed by atoms with Gasteiger partial charge in [-0.25, -0.2) is 8.42 Å². The zero-order valence-electron chi connectivity index (χ0n) is 18.2. The van der Waals surface area contributed by atoms with Gasteiger partial charge in [0.25, 0.3) is 5.91 Å². The van der Waals surface area contributed by atoms with Crippen LogP contribution in [0.15, 0.2) is 71.9 Å². The quantitative estimate of drug-likeness (QED) is 0.503. The highest BCUT2D eigenvalue weighted by Gasteiger charge is 2.24. The first-order valence-electron chi connectivity index (χ1n) is 10.3. The van der Waals surface area contributed by atoms with Crippen molar-refractivity contribution >= 4 is 27.5 Å². The van der Waals surface area contributed by atoms with Crippen LogP contribution in [0.25, 0.3) is 0 Å². The molecule has 2 amide bonds. The Balaban J connectivity index is 1.39. The van der Waals surface area contributed by atoms with Crippen LogP contribution < -0.4 is 20.1 Å². The number of benzene rings is 2. The van der Waals surface area contributed by atoms with Crippen LogP contribution in [0.2, 0.25) is 0 Å². The fourth-order valence-electron chi connectivity index (χ4n) is 3.28. The minimum Gasteiger partial charge on any atom is -0.454 e. The lowest BCUT2D eigenvalue weighted by Crippen LogP contribution is -2.35. The van der Waals surface area contributed by atoms with E-state index < -0.39 is 28.4 Å². The number of nitrogens with one attached hydrogen (secondary N) is 2. The van der Waals surface area contributed by atoms with Crippen molar-refractivity contribution < 1.29 is 27.5 Å². The number of fused-ring (bicyclic) bond motifs is 1. The van der Waals surface area contributed by atoms with Crippen LogP contribution in [0, 0.1) is 0 Å². The van der Waals surface area contributed by atoms with Crippen LogP contribution in [-0.2, 0) is 21.4 Å². The Morgan fingerprint density at radius 1 is 1.06 bits per heavy atom. The SMILES string of the molecule is CN(CC(=O)Nc1ccccc1C(=O)NCc1ccc2c(c1)OCO2)S(=O)(=O)c1cccnc1. The molecule has 4 rings (SSSR count). The average molecular weight is 483 g/mol. The molecule has 0 radical (unpaired) electrons. The van der Waals surface area contributed by atoms with Crippen molar-refractivity contribution in [1.29, 1.82) is 0 Å². The van der Waals surface area contributed by atoms with Gasteiger partial charge >= 0.3 is 0 Å². The predicted molar refractivity (Wildman–Crippen MR) is 123 cm³/mol. The van der Waals surface area contributed by atoms with Gasteiger partial charge in [-0.2, -0.15) is 4.31 Å². The summed E-state index contributed by atoms with van der Waals surface area (Å²) in [5.41, 5.74) is 1.33. The number of aromatic nitrogens is 1. The fourth-order valence-corrected chi connectivity index (χ4v) is 4.37. The lowest BCUT2D eigenvalue weighted by molar-refractivity contribution is -0.116. The number of likely N-dealkylation sites (N-methyl/N-ethyl adjacent to an activating group) is 1. The van der Waals surface area contributed by atoms with Gasteiger partial charge in [-0.15, -0.1) is 0 Å². The van der Waals surface area contributed by atoms with E-state index >= 15 is 0 Å². The van der Waals surface area contributed by atoms with Crippen LogP contribution in [0.5, 0.6) is 11.5 Å². The molecule has 0 bridgehead atoms. The summed E-state index contributed by atoms with van der Waals surface area (Å²) >= 11 is 0. The number of hydrogen-bond donors (Lipinski definition) is 2. The molecular formula is C23H22N4O6S. The molecule has 0 fully saturated rings. The van der Waals surface area contributed by atoms with Gasteiger partial charge in [0.15, 0.2) is 11.5 Å². The second-order valence-electron chi connectivity index (χ2n) is 7.41. The monoisotopic (exact) mass is 482 g/mol. The van der Waals surface area contributed by atoms with E-state index in [2.05, 4.69) is 15.6 Å². The Hall–Kier alpha value is -3.96. The van der Waals surface area contributed by atoms with Gasteiger partial charge in [0, 0.05) is 26.0 Å². The summed E-state index contributed by atoms with van der Waals surface area (Å²) in [6.07, 6.45) is 2.67. The largest absolute Gasteiger partial charge is 0.454 e. The number of carbonyl (C=O) groups excluding carboxylic acids is 2. The summed E-state index contributed by atoms with van der Waals surface area (Å²) in [6, 6.07) is 14.8. The minimum atomic E-state index is -3.88. The Morgan fingerprint density at radius 3 is 2.65 bits per heavy atom. The predicted octanol–water partition coefficient (Wildman–Crippen LogP) is 2.00. The van der Waals surface area contributed by atoms with Gasteiger partial charge < -0.3 is 20.1 Å². The molecule has 0 atom stereocenters. The molecule has 0 saturated carbocycles. The van der Waals surface area contributed by atoms with Gasteiger partial charge in [0.05, 0.1) is 17.8 Å². The summed E-state index contributed by atoms with van der Waals surface area (Å²) in [5.74, 6) is 0.277. The van der Waals surface area contributed by atoms with Crippen molar-refractivity contribution in [3.05, 3.63) is 78.1 Å². The molecule has 176 valence electrons. The van der Waals surface area contributed by atoms with Crippen molar-refractivity contribution in [3.63, 3.8) is 0 Å². The summed E-state index contributed by atoms with van der Waals surface area (Å²) < 4.78 is 36.8. The number of hydrogen-bond acceptors (Lipinski definition) is 7. The smallest absolute Gasteiger partial charge is 0.253 e. The Bertz CT molecular complexity index is 1310. The second kappa shape index (κ2) is 9.89. The summed E-state index contributed by atoms with van der Waals surface area (Å²) in [4.78, 5) is 29.1. The molecule has 1 aliphatic heterocycles. The number of sulfonamides is 1. The van der Waals surface area contributed by atoms with E-state index in [1.165, 1.54) is 31.6 Å². The van der Waals surface area contributed by atoms with Crippen LogP contribution in [0.3, 0.4) is 0 Å². The van der Waals surface area contributed by atoms with Gasteiger partial charge in [-0.05, 0) is 42.0 Å². The molecule has 0 spiro atoms. The third-order valence-electron chi connectivity index (χ3n) is 5.04.